The first-order valence-corrected chi connectivity index (χ1v) is 11.6. The van der Waals surface area contributed by atoms with E-state index >= 15 is 0 Å². The molecule has 0 spiro atoms. The van der Waals surface area contributed by atoms with Crippen molar-refractivity contribution in [1.82, 2.24) is 0 Å². The highest BCUT2D eigenvalue weighted by Crippen LogP contribution is 2.56. The zero-order chi connectivity index (χ0) is 28.6. The molecule has 0 amide bonds. The Hall–Kier alpha value is -4.34. The summed E-state index contributed by atoms with van der Waals surface area (Å²) in [6, 6.07) is 16.8. The zero-order valence-corrected chi connectivity index (χ0v) is 20.8. The molecule has 4 aromatic rings. The highest BCUT2D eigenvalue weighted by molar-refractivity contribution is 5.52. The molecule has 0 fully saturated rings. The van der Waals surface area contributed by atoms with Gasteiger partial charge in [0.25, 0.3) is 0 Å². The second kappa shape index (κ2) is 10.1. The molecular weight excluding hydrogens is 522 g/mol. The van der Waals surface area contributed by atoms with Crippen molar-refractivity contribution in [3.8, 4) is 23.0 Å². The van der Waals surface area contributed by atoms with Gasteiger partial charge in [0, 0.05) is 11.4 Å². The average Bonchev–Trinajstić information content (AvgIpc) is 2.84. The van der Waals surface area contributed by atoms with Crippen LogP contribution in [0.1, 0.15) is 22.3 Å². The third-order valence-corrected chi connectivity index (χ3v) is 6.38. The smallest absolute Gasteiger partial charge is 0.411 e. The standard InChI is InChI=1S/C29H24F6N2O2/c1-17-15-23(11-13-25(17)36)38-21-7-3-19(4-8-21)27(28(30,31)32,29(33,34)35)20-5-9-22(10-6-20)39-24-12-14-26(37)18(2)16-24/h3-16H,36-37H2,1-2H3. The second-order valence-corrected chi connectivity index (χ2v) is 9.04. The molecule has 39 heavy (non-hydrogen) atoms. The number of ether oxygens (including phenoxy) is 2. The lowest BCUT2D eigenvalue weighted by Crippen LogP contribution is -2.54. The predicted molar refractivity (Wildman–Crippen MR) is 137 cm³/mol. The van der Waals surface area contributed by atoms with Gasteiger partial charge in [0.2, 0.25) is 5.41 Å². The van der Waals surface area contributed by atoms with Crippen molar-refractivity contribution >= 4 is 11.4 Å². The maximum atomic E-state index is 14.5. The summed E-state index contributed by atoms with van der Waals surface area (Å²) in [4.78, 5) is 0. The summed E-state index contributed by atoms with van der Waals surface area (Å²) in [5, 5.41) is 0. The second-order valence-electron chi connectivity index (χ2n) is 9.04. The Morgan fingerprint density at radius 3 is 1.08 bits per heavy atom. The highest BCUT2D eigenvalue weighted by atomic mass is 19.4. The van der Waals surface area contributed by atoms with Crippen LogP contribution in [0.3, 0.4) is 0 Å². The number of hydrogen-bond acceptors (Lipinski definition) is 4. The van der Waals surface area contributed by atoms with Gasteiger partial charge in [-0.05, 0) is 96.8 Å². The van der Waals surface area contributed by atoms with Crippen LogP contribution in [-0.2, 0) is 5.41 Å². The summed E-state index contributed by atoms with van der Waals surface area (Å²) in [6.45, 7) is 3.47. The molecule has 4 aromatic carbocycles. The van der Waals surface area contributed by atoms with E-state index in [0.29, 0.717) is 34.0 Å². The van der Waals surface area contributed by atoms with Crippen molar-refractivity contribution in [3.63, 3.8) is 0 Å². The van der Waals surface area contributed by atoms with Crippen molar-refractivity contribution < 1.29 is 35.8 Å². The van der Waals surface area contributed by atoms with Crippen molar-refractivity contribution in [1.29, 1.82) is 0 Å². The Labute approximate surface area is 220 Å². The van der Waals surface area contributed by atoms with Gasteiger partial charge in [-0.15, -0.1) is 0 Å². The van der Waals surface area contributed by atoms with Gasteiger partial charge in [-0.2, -0.15) is 26.3 Å². The Bertz CT molecular complexity index is 1350. The molecule has 0 heterocycles. The number of nitrogens with two attached hydrogens (primary N) is 2. The Morgan fingerprint density at radius 1 is 0.487 bits per heavy atom. The van der Waals surface area contributed by atoms with Gasteiger partial charge in [-0.3, -0.25) is 0 Å². The van der Waals surface area contributed by atoms with E-state index in [2.05, 4.69) is 0 Å². The molecule has 0 saturated carbocycles. The molecular formula is C29H24F6N2O2. The zero-order valence-electron chi connectivity index (χ0n) is 20.8. The normalized spacial score (nSPS) is 12.3. The fourth-order valence-corrected chi connectivity index (χ4v) is 4.22. The van der Waals surface area contributed by atoms with Crippen LogP contribution in [0.5, 0.6) is 23.0 Å². The molecule has 4 rings (SSSR count). The number of hydrogen-bond donors (Lipinski definition) is 2. The molecule has 10 heteroatoms. The van der Waals surface area contributed by atoms with Crippen LogP contribution in [0.4, 0.5) is 37.7 Å². The first-order chi connectivity index (χ1) is 18.2. The maximum Gasteiger partial charge on any atom is 0.411 e. The number of alkyl halides is 6. The molecule has 0 saturated heterocycles. The van der Waals surface area contributed by atoms with Gasteiger partial charge in [0.05, 0.1) is 0 Å². The van der Waals surface area contributed by atoms with E-state index in [1.54, 1.807) is 50.2 Å². The first-order valence-electron chi connectivity index (χ1n) is 11.6. The number of nitrogen functional groups attached to an aromatic ring is 2. The van der Waals surface area contributed by atoms with E-state index in [4.69, 9.17) is 20.9 Å². The summed E-state index contributed by atoms with van der Waals surface area (Å²) >= 11 is 0. The summed E-state index contributed by atoms with van der Waals surface area (Å²) in [5.41, 5.74) is 7.65. The molecule has 0 aliphatic heterocycles. The van der Waals surface area contributed by atoms with Crippen molar-refractivity contribution in [3.05, 3.63) is 107 Å². The molecule has 0 unspecified atom stereocenters. The molecule has 4 nitrogen and oxygen atoms in total. The number of benzene rings is 4. The van der Waals surface area contributed by atoms with E-state index < -0.39 is 28.9 Å². The summed E-state index contributed by atoms with van der Waals surface area (Å²) in [7, 11) is 0. The molecule has 0 atom stereocenters. The Balaban J connectivity index is 1.71. The number of aryl methyl sites for hydroxylation is 2. The van der Waals surface area contributed by atoms with Crippen LogP contribution < -0.4 is 20.9 Å². The highest BCUT2D eigenvalue weighted by Gasteiger charge is 2.72. The number of halogens is 6. The number of anilines is 2. The van der Waals surface area contributed by atoms with E-state index in [0.717, 1.165) is 48.5 Å². The molecule has 4 N–H and O–H groups in total. The Kier molecular flexibility index (Phi) is 7.16. The first kappa shape index (κ1) is 27.7. The van der Waals surface area contributed by atoms with Crippen molar-refractivity contribution in [2.45, 2.75) is 31.6 Å². The quantitative estimate of drug-likeness (QED) is 0.188. The van der Waals surface area contributed by atoms with E-state index in [-0.39, 0.29) is 11.5 Å². The minimum absolute atomic E-state index is 0.0590. The minimum Gasteiger partial charge on any atom is -0.457 e. The lowest BCUT2D eigenvalue weighted by atomic mass is 9.73. The van der Waals surface area contributed by atoms with Gasteiger partial charge in [-0.25, -0.2) is 0 Å². The van der Waals surface area contributed by atoms with Gasteiger partial charge >= 0.3 is 12.4 Å². The predicted octanol–water partition coefficient (Wildman–Crippen LogP) is 8.46. The van der Waals surface area contributed by atoms with Crippen molar-refractivity contribution in [2.75, 3.05) is 11.5 Å². The van der Waals surface area contributed by atoms with Crippen LogP contribution in [-0.4, -0.2) is 12.4 Å². The SMILES string of the molecule is Cc1cc(Oc2ccc(C(c3ccc(Oc4ccc(N)c(C)c4)cc3)(C(F)(F)F)C(F)(F)F)cc2)ccc1N. The fraction of sp³-hybridized carbons (Fsp3) is 0.172. The van der Waals surface area contributed by atoms with Gasteiger partial charge in [-0.1, -0.05) is 24.3 Å². The molecule has 0 aromatic heterocycles. The summed E-state index contributed by atoms with van der Waals surface area (Å²) < 4.78 is 98.2. The monoisotopic (exact) mass is 546 g/mol. The third kappa shape index (κ3) is 5.32. The number of rotatable bonds is 6. The van der Waals surface area contributed by atoms with Crippen LogP contribution in [0.15, 0.2) is 84.9 Å². The van der Waals surface area contributed by atoms with E-state index in [1.165, 1.54) is 0 Å². The maximum absolute atomic E-state index is 14.5. The van der Waals surface area contributed by atoms with Crippen LogP contribution in [0.2, 0.25) is 0 Å². The van der Waals surface area contributed by atoms with Crippen LogP contribution in [0, 0.1) is 13.8 Å². The molecule has 204 valence electrons. The van der Waals surface area contributed by atoms with Gasteiger partial charge in [0.1, 0.15) is 23.0 Å². The fourth-order valence-electron chi connectivity index (χ4n) is 4.22. The molecule has 0 bridgehead atoms. The van der Waals surface area contributed by atoms with Crippen LogP contribution >= 0.6 is 0 Å². The topological polar surface area (TPSA) is 70.5 Å². The lowest BCUT2D eigenvalue weighted by Gasteiger charge is -2.38. The Morgan fingerprint density at radius 2 is 0.795 bits per heavy atom. The summed E-state index contributed by atoms with van der Waals surface area (Å²) in [6.07, 6.45) is -11.4. The van der Waals surface area contributed by atoms with Crippen LogP contribution in [0.25, 0.3) is 0 Å². The van der Waals surface area contributed by atoms with E-state index in [9.17, 15) is 26.3 Å². The largest absolute Gasteiger partial charge is 0.457 e. The van der Waals surface area contributed by atoms with Crippen molar-refractivity contribution in [2.24, 2.45) is 0 Å². The van der Waals surface area contributed by atoms with Gasteiger partial charge in [0.15, 0.2) is 0 Å². The van der Waals surface area contributed by atoms with E-state index in [1.807, 2.05) is 0 Å². The average molecular weight is 547 g/mol. The lowest BCUT2D eigenvalue weighted by molar-refractivity contribution is -0.288. The molecule has 0 aliphatic rings. The summed E-state index contributed by atoms with van der Waals surface area (Å²) in [5.74, 6) is 0.783. The molecule has 0 radical (unpaired) electrons. The van der Waals surface area contributed by atoms with Gasteiger partial charge < -0.3 is 20.9 Å². The minimum atomic E-state index is -5.72. The molecule has 0 aliphatic carbocycles. The third-order valence-electron chi connectivity index (χ3n) is 6.38.